The zero-order chi connectivity index (χ0) is 18.7. The number of rotatable bonds is 10. The van der Waals surface area contributed by atoms with E-state index in [0.29, 0.717) is 13.2 Å². The Kier molecular flexibility index (Phi) is 8.15. The van der Waals surface area contributed by atoms with Crippen LogP contribution in [0.4, 0.5) is 0 Å². The van der Waals surface area contributed by atoms with Crippen LogP contribution in [0, 0.1) is 0 Å². The van der Waals surface area contributed by atoms with Crippen LogP contribution >= 0.6 is 0 Å². The number of piperazine rings is 1. The van der Waals surface area contributed by atoms with Crippen molar-refractivity contribution < 1.29 is 9.47 Å². The zero-order valence-electron chi connectivity index (χ0n) is 16.5. The Hall–Kier alpha value is -1.88. The summed E-state index contributed by atoms with van der Waals surface area (Å²) in [6.45, 7) is 11.1. The summed E-state index contributed by atoms with van der Waals surface area (Å²) in [7, 11) is 0. The van der Waals surface area contributed by atoms with Crippen molar-refractivity contribution >= 4 is 0 Å². The molecule has 0 amide bonds. The van der Waals surface area contributed by atoms with Crippen molar-refractivity contribution in [1.29, 1.82) is 0 Å². The molecule has 1 fully saturated rings. The Morgan fingerprint density at radius 1 is 0.778 bits per heavy atom. The van der Waals surface area contributed by atoms with Gasteiger partial charge in [-0.15, -0.1) is 0 Å². The summed E-state index contributed by atoms with van der Waals surface area (Å²) in [6, 6.07) is 18.8. The molecule has 3 rings (SSSR count). The fourth-order valence-electron chi connectivity index (χ4n) is 3.44. The van der Waals surface area contributed by atoms with Crippen LogP contribution in [0.5, 0.6) is 5.75 Å². The first-order chi connectivity index (χ1) is 13.3. The number of likely N-dealkylation sites (N-methyl/N-ethyl adjacent to an activating group) is 1. The SMILES string of the molecule is CCN1CCN(CCOCCOc2ccccc2Cc2ccccc2)CC1. The third-order valence-electron chi connectivity index (χ3n) is 5.16. The Morgan fingerprint density at radius 3 is 2.26 bits per heavy atom. The Balaban J connectivity index is 1.34. The number of benzene rings is 2. The highest BCUT2D eigenvalue weighted by Gasteiger charge is 2.14. The van der Waals surface area contributed by atoms with Crippen molar-refractivity contribution in [2.45, 2.75) is 13.3 Å². The van der Waals surface area contributed by atoms with Crippen LogP contribution < -0.4 is 4.74 Å². The first-order valence-corrected chi connectivity index (χ1v) is 10.1. The van der Waals surface area contributed by atoms with Crippen molar-refractivity contribution in [1.82, 2.24) is 9.80 Å². The molecule has 27 heavy (non-hydrogen) atoms. The number of nitrogens with zero attached hydrogens (tertiary/aromatic N) is 2. The molecular weight excluding hydrogens is 336 g/mol. The molecule has 0 atom stereocenters. The van der Waals surface area contributed by atoms with Gasteiger partial charge in [0.05, 0.1) is 13.2 Å². The summed E-state index contributed by atoms with van der Waals surface area (Å²) in [5, 5.41) is 0. The lowest BCUT2D eigenvalue weighted by molar-refractivity contribution is 0.0625. The van der Waals surface area contributed by atoms with Crippen LogP contribution in [-0.2, 0) is 11.2 Å². The predicted molar refractivity (Wildman–Crippen MR) is 111 cm³/mol. The maximum atomic E-state index is 5.98. The lowest BCUT2D eigenvalue weighted by Gasteiger charge is -2.33. The summed E-state index contributed by atoms with van der Waals surface area (Å²) >= 11 is 0. The zero-order valence-corrected chi connectivity index (χ0v) is 16.5. The molecule has 4 nitrogen and oxygen atoms in total. The van der Waals surface area contributed by atoms with E-state index in [-0.39, 0.29) is 0 Å². The van der Waals surface area contributed by atoms with E-state index in [2.05, 4.69) is 53.1 Å². The van der Waals surface area contributed by atoms with Gasteiger partial charge in [0.2, 0.25) is 0 Å². The molecule has 4 heteroatoms. The second kappa shape index (κ2) is 11.1. The molecule has 1 heterocycles. The number of hydrogen-bond acceptors (Lipinski definition) is 4. The van der Waals surface area contributed by atoms with Gasteiger partial charge in [0.15, 0.2) is 0 Å². The van der Waals surface area contributed by atoms with E-state index in [9.17, 15) is 0 Å². The van der Waals surface area contributed by atoms with Gasteiger partial charge >= 0.3 is 0 Å². The van der Waals surface area contributed by atoms with E-state index in [1.165, 1.54) is 24.2 Å². The van der Waals surface area contributed by atoms with Crippen LogP contribution in [0.1, 0.15) is 18.1 Å². The first kappa shape index (κ1) is 19.9. The largest absolute Gasteiger partial charge is 0.491 e. The topological polar surface area (TPSA) is 24.9 Å². The summed E-state index contributed by atoms with van der Waals surface area (Å²) in [5.41, 5.74) is 2.52. The van der Waals surface area contributed by atoms with Gasteiger partial charge < -0.3 is 14.4 Å². The van der Waals surface area contributed by atoms with Gasteiger partial charge in [0.25, 0.3) is 0 Å². The molecule has 1 aliphatic rings. The third kappa shape index (κ3) is 6.65. The molecule has 146 valence electrons. The van der Waals surface area contributed by atoms with Crippen molar-refractivity contribution in [3.05, 3.63) is 65.7 Å². The minimum Gasteiger partial charge on any atom is -0.491 e. The molecule has 2 aromatic carbocycles. The number of ether oxygens (including phenoxy) is 2. The smallest absolute Gasteiger partial charge is 0.122 e. The van der Waals surface area contributed by atoms with Gasteiger partial charge in [-0.3, -0.25) is 4.90 Å². The van der Waals surface area contributed by atoms with E-state index in [0.717, 1.165) is 45.0 Å². The Bertz CT molecular complexity index is 654. The molecule has 1 saturated heterocycles. The third-order valence-corrected chi connectivity index (χ3v) is 5.16. The highest BCUT2D eigenvalue weighted by atomic mass is 16.5. The summed E-state index contributed by atoms with van der Waals surface area (Å²) in [6.07, 6.45) is 0.890. The minimum absolute atomic E-state index is 0.593. The molecule has 0 bridgehead atoms. The monoisotopic (exact) mass is 368 g/mol. The van der Waals surface area contributed by atoms with Crippen molar-refractivity contribution in [3.8, 4) is 5.75 Å². The highest BCUT2D eigenvalue weighted by molar-refractivity contribution is 5.37. The van der Waals surface area contributed by atoms with E-state index < -0.39 is 0 Å². The van der Waals surface area contributed by atoms with Crippen LogP contribution in [0.2, 0.25) is 0 Å². The van der Waals surface area contributed by atoms with Crippen LogP contribution in [0.25, 0.3) is 0 Å². The molecule has 0 aromatic heterocycles. The lowest BCUT2D eigenvalue weighted by atomic mass is 10.0. The molecule has 0 radical (unpaired) electrons. The fourth-order valence-corrected chi connectivity index (χ4v) is 3.44. The average molecular weight is 369 g/mol. The van der Waals surface area contributed by atoms with Gasteiger partial charge in [-0.25, -0.2) is 0 Å². The van der Waals surface area contributed by atoms with Crippen molar-refractivity contribution in [2.24, 2.45) is 0 Å². The summed E-state index contributed by atoms with van der Waals surface area (Å²) < 4.78 is 11.8. The standard InChI is InChI=1S/C23H32N2O2/c1-2-24-12-14-25(15-13-24)16-17-26-18-19-27-23-11-7-6-10-22(23)20-21-8-4-3-5-9-21/h3-11H,2,12-20H2,1H3. The Morgan fingerprint density at radius 2 is 1.48 bits per heavy atom. The average Bonchev–Trinajstić information content (AvgIpc) is 2.73. The van der Waals surface area contributed by atoms with Gasteiger partial charge in [0.1, 0.15) is 12.4 Å². The lowest BCUT2D eigenvalue weighted by Crippen LogP contribution is -2.47. The maximum absolute atomic E-state index is 5.98. The molecule has 1 aliphatic heterocycles. The summed E-state index contributed by atoms with van der Waals surface area (Å²) in [4.78, 5) is 4.99. The fraction of sp³-hybridized carbons (Fsp3) is 0.478. The molecule has 0 saturated carbocycles. The summed E-state index contributed by atoms with van der Waals surface area (Å²) in [5.74, 6) is 0.959. The van der Waals surface area contributed by atoms with E-state index in [1.54, 1.807) is 0 Å². The Labute approximate surface area is 163 Å². The van der Waals surface area contributed by atoms with Gasteiger partial charge in [-0.1, -0.05) is 55.5 Å². The molecular formula is C23H32N2O2. The van der Waals surface area contributed by atoms with E-state index >= 15 is 0 Å². The van der Waals surface area contributed by atoms with Crippen molar-refractivity contribution in [3.63, 3.8) is 0 Å². The van der Waals surface area contributed by atoms with Crippen LogP contribution in [0.15, 0.2) is 54.6 Å². The van der Waals surface area contributed by atoms with Crippen LogP contribution in [-0.4, -0.2) is 68.9 Å². The quantitative estimate of drug-likeness (QED) is 0.601. The molecule has 0 N–H and O–H groups in total. The van der Waals surface area contributed by atoms with E-state index in [1.807, 2.05) is 18.2 Å². The van der Waals surface area contributed by atoms with Crippen LogP contribution in [0.3, 0.4) is 0 Å². The highest BCUT2D eigenvalue weighted by Crippen LogP contribution is 2.21. The van der Waals surface area contributed by atoms with Gasteiger partial charge in [-0.2, -0.15) is 0 Å². The maximum Gasteiger partial charge on any atom is 0.122 e. The minimum atomic E-state index is 0.593. The molecule has 0 aliphatic carbocycles. The van der Waals surface area contributed by atoms with Gasteiger partial charge in [0, 0.05) is 39.1 Å². The van der Waals surface area contributed by atoms with Crippen molar-refractivity contribution in [2.75, 3.05) is 59.1 Å². The van der Waals surface area contributed by atoms with Gasteiger partial charge in [-0.05, 0) is 23.7 Å². The first-order valence-electron chi connectivity index (χ1n) is 10.1. The number of para-hydroxylation sites is 1. The number of hydrogen-bond donors (Lipinski definition) is 0. The molecule has 0 spiro atoms. The molecule has 0 unspecified atom stereocenters. The second-order valence-electron chi connectivity index (χ2n) is 7.01. The van der Waals surface area contributed by atoms with E-state index in [4.69, 9.17) is 9.47 Å². The molecule has 2 aromatic rings. The second-order valence-corrected chi connectivity index (χ2v) is 7.01. The predicted octanol–water partition coefficient (Wildman–Crippen LogP) is 3.31. The normalized spacial score (nSPS) is 15.7.